The van der Waals surface area contributed by atoms with E-state index in [1.54, 1.807) is 24.6 Å². The first-order valence-electron chi connectivity index (χ1n) is 9.16. The number of pyridine rings is 2. The first-order valence-corrected chi connectivity index (χ1v) is 10.5. The average molecular weight is 440 g/mol. The van der Waals surface area contributed by atoms with Gasteiger partial charge < -0.3 is 18.6 Å². The predicted octanol–water partition coefficient (Wildman–Crippen LogP) is 3.34. The molecule has 1 aliphatic rings. The molecule has 3 aromatic rings. The Bertz CT molecular complexity index is 1100. The van der Waals surface area contributed by atoms with Gasteiger partial charge in [0.25, 0.3) is 0 Å². The number of rotatable bonds is 5. The second-order valence-corrected chi connectivity index (χ2v) is 8.96. The van der Waals surface area contributed by atoms with Crippen LogP contribution in [-0.2, 0) is 29.1 Å². The Kier molecular flexibility index (Phi) is 5.15. The summed E-state index contributed by atoms with van der Waals surface area (Å²) in [6.45, 7) is 4.56. The molecule has 3 aromatic heterocycles. The number of alkyl halides is 3. The molecule has 0 radical (unpaired) electrons. The molecule has 0 bridgehead atoms. The van der Waals surface area contributed by atoms with Gasteiger partial charge in [-0.15, -0.1) is 0 Å². The minimum Gasteiger partial charge on any atom is -0.611 e. The summed E-state index contributed by atoms with van der Waals surface area (Å²) in [4.78, 5) is 12.6. The minimum atomic E-state index is -4.57. The zero-order valence-corrected chi connectivity index (χ0v) is 17.3. The van der Waals surface area contributed by atoms with Crippen molar-refractivity contribution in [3.05, 3.63) is 30.2 Å². The average Bonchev–Trinajstić information content (AvgIpc) is 3.01. The Labute approximate surface area is 173 Å². The van der Waals surface area contributed by atoms with Crippen molar-refractivity contribution >= 4 is 22.2 Å². The van der Waals surface area contributed by atoms with Crippen LogP contribution in [0.5, 0.6) is 5.75 Å². The van der Waals surface area contributed by atoms with Gasteiger partial charge in [-0.1, -0.05) is 0 Å². The molecule has 4 rings (SSSR count). The van der Waals surface area contributed by atoms with Crippen LogP contribution < -0.4 is 4.74 Å². The van der Waals surface area contributed by atoms with Crippen LogP contribution in [0.3, 0.4) is 0 Å². The van der Waals surface area contributed by atoms with E-state index < -0.39 is 28.6 Å². The fourth-order valence-corrected chi connectivity index (χ4v) is 4.09. The van der Waals surface area contributed by atoms with Crippen LogP contribution in [0.1, 0.15) is 19.5 Å². The first kappa shape index (κ1) is 20.9. The summed E-state index contributed by atoms with van der Waals surface area (Å²) in [5.41, 5.74) is -0.627. The summed E-state index contributed by atoms with van der Waals surface area (Å²) in [6.07, 6.45) is -1.95. The molecule has 4 heterocycles. The molecule has 1 fully saturated rings. The molecule has 1 unspecified atom stereocenters. The molecule has 0 saturated carbocycles. The fourth-order valence-electron chi connectivity index (χ4n) is 3.17. The third-order valence-electron chi connectivity index (χ3n) is 4.78. The second kappa shape index (κ2) is 7.40. The van der Waals surface area contributed by atoms with E-state index in [2.05, 4.69) is 15.0 Å². The molecule has 7 nitrogen and oxygen atoms in total. The van der Waals surface area contributed by atoms with Crippen molar-refractivity contribution in [3.63, 3.8) is 0 Å². The van der Waals surface area contributed by atoms with E-state index in [1.165, 1.54) is 6.20 Å². The largest absolute Gasteiger partial charge is 0.611 e. The summed E-state index contributed by atoms with van der Waals surface area (Å²) < 4.78 is 64.4. The zero-order valence-electron chi connectivity index (χ0n) is 16.5. The Hall–Kier alpha value is -2.37. The molecule has 1 atom stereocenters. The summed E-state index contributed by atoms with van der Waals surface area (Å²) in [5.74, 6) is 1.08. The van der Waals surface area contributed by atoms with Gasteiger partial charge in [0.2, 0.25) is 0 Å². The van der Waals surface area contributed by atoms with Crippen LogP contribution in [0.4, 0.5) is 13.2 Å². The lowest BCUT2D eigenvalue weighted by molar-refractivity contribution is -0.150. The van der Waals surface area contributed by atoms with Gasteiger partial charge in [-0.05, 0) is 31.1 Å². The molecule has 30 heavy (non-hydrogen) atoms. The van der Waals surface area contributed by atoms with Crippen molar-refractivity contribution in [2.75, 3.05) is 19.0 Å². The Balaban J connectivity index is 1.80. The summed E-state index contributed by atoms with van der Waals surface area (Å²) >= 11 is -1.40. The predicted molar refractivity (Wildman–Crippen MR) is 104 cm³/mol. The number of halogens is 3. The van der Waals surface area contributed by atoms with E-state index in [0.29, 0.717) is 46.6 Å². The van der Waals surface area contributed by atoms with Gasteiger partial charge in [-0.25, -0.2) is 15.0 Å². The van der Waals surface area contributed by atoms with Gasteiger partial charge in [0.1, 0.15) is 17.2 Å². The highest BCUT2D eigenvalue weighted by atomic mass is 32.2. The van der Waals surface area contributed by atoms with E-state index >= 15 is 0 Å². The van der Waals surface area contributed by atoms with E-state index in [1.807, 2.05) is 6.92 Å². The molecule has 0 aromatic carbocycles. The van der Waals surface area contributed by atoms with Crippen molar-refractivity contribution in [2.24, 2.45) is 7.05 Å². The van der Waals surface area contributed by atoms with Gasteiger partial charge in [-0.2, -0.15) is 13.2 Å². The van der Waals surface area contributed by atoms with Crippen molar-refractivity contribution in [1.82, 2.24) is 19.5 Å². The van der Waals surface area contributed by atoms with E-state index in [4.69, 9.17) is 9.47 Å². The van der Waals surface area contributed by atoms with Crippen LogP contribution in [0.25, 0.3) is 22.6 Å². The zero-order chi connectivity index (χ0) is 21.7. The molecule has 1 saturated heterocycles. The molecule has 0 spiro atoms. The number of imidazole rings is 1. The normalized spacial score (nSPS) is 17.0. The maximum absolute atomic E-state index is 13.0. The van der Waals surface area contributed by atoms with Crippen LogP contribution in [0.15, 0.2) is 29.4 Å². The van der Waals surface area contributed by atoms with E-state index in [9.17, 15) is 17.7 Å². The quantitative estimate of drug-likeness (QED) is 0.566. The summed E-state index contributed by atoms with van der Waals surface area (Å²) in [6, 6.07) is 2.54. The second-order valence-electron chi connectivity index (χ2n) is 7.25. The van der Waals surface area contributed by atoms with Crippen molar-refractivity contribution < 1.29 is 27.2 Å². The SMILES string of the molecule is CC[S+]([O-])c1cc(OC2(C)COC2)cnc1-c1nc2cc(C(F)(F)F)ncc2n1C. The van der Waals surface area contributed by atoms with Crippen LogP contribution in [0, 0.1) is 0 Å². The van der Waals surface area contributed by atoms with Gasteiger partial charge in [0.05, 0.1) is 36.6 Å². The lowest BCUT2D eigenvalue weighted by Crippen LogP contribution is -2.51. The molecule has 0 amide bonds. The van der Waals surface area contributed by atoms with E-state index in [-0.39, 0.29) is 5.52 Å². The molecule has 0 N–H and O–H groups in total. The molecule has 11 heteroatoms. The maximum atomic E-state index is 13.0. The highest BCUT2D eigenvalue weighted by Gasteiger charge is 2.37. The maximum Gasteiger partial charge on any atom is 0.433 e. The topological polar surface area (TPSA) is 85.1 Å². The van der Waals surface area contributed by atoms with Crippen LogP contribution in [0.2, 0.25) is 0 Å². The lowest BCUT2D eigenvalue weighted by Gasteiger charge is -2.38. The Morgan fingerprint density at radius 3 is 2.60 bits per heavy atom. The highest BCUT2D eigenvalue weighted by Crippen LogP contribution is 2.34. The Morgan fingerprint density at radius 1 is 1.27 bits per heavy atom. The summed E-state index contributed by atoms with van der Waals surface area (Å²) in [5, 5.41) is 0. The number of fused-ring (bicyclic) bond motifs is 1. The summed E-state index contributed by atoms with van der Waals surface area (Å²) in [7, 11) is 1.65. The molecule has 160 valence electrons. The minimum absolute atomic E-state index is 0.129. The van der Waals surface area contributed by atoms with Gasteiger partial charge in [0.15, 0.2) is 22.0 Å². The van der Waals surface area contributed by atoms with Gasteiger partial charge in [-0.3, -0.25) is 0 Å². The van der Waals surface area contributed by atoms with Crippen molar-refractivity contribution in [3.8, 4) is 17.3 Å². The number of nitrogens with zero attached hydrogens (tertiary/aromatic N) is 4. The smallest absolute Gasteiger partial charge is 0.433 e. The van der Waals surface area contributed by atoms with Crippen LogP contribution >= 0.6 is 0 Å². The fraction of sp³-hybridized carbons (Fsp3) is 0.421. The third kappa shape index (κ3) is 3.72. The van der Waals surface area contributed by atoms with Crippen LogP contribution in [-0.4, -0.2) is 48.6 Å². The monoisotopic (exact) mass is 440 g/mol. The molecular weight excluding hydrogens is 421 g/mol. The molecular formula is C19H19F3N4O3S. The lowest BCUT2D eigenvalue weighted by atomic mass is 10.1. The van der Waals surface area contributed by atoms with E-state index in [0.717, 1.165) is 12.3 Å². The van der Waals surface area contributed by atoms with Crippen molar-refractivity contribution in [1.29, 1.82) is 0 Å². The number of ether oxygens (including phenoxy) is 2. The third-order valence-corrected chi connectivity index (χ3v) is 6.11. The molecule has 1 aliphatic heterocycles. The first-order chi connectivity index (χ1) is 14.1. The molecule has 0 aliphatic carbocycles. The van der Waals surface area contributed by atoms with Gasteiger partial charge in [0, 0.05) is 13.1 Å². The number of hydrogen-bond donors (Lipinski definition) is 0. The number of hydrogen-bond acceptors (Lipinski definition) is 6. The van der Waals surface area contributed by atoms with Crippen molar-refractivity contribution in [2.45, 2.75) is 30.5 Å². The highest BCUT2D eigenvalue weighted by molar-refractivity contribution is 7.91. The Morgan fingerprint density at radius 2 is 2.00 bits per heavy atom. The number of aromatic nitrogens is 4. The standard InChI is InChI=1S/C19H19F3N4O3S/c1-4-30(27)14-5-11(29-18(2)9-28-10-18)7-24-16(14)17-25-12-6-15(19(20,21)22)23-8-13(12)26(17)3/h5-8H,4,9-10H2,1-3H3. The number of aryl methyl sites for hydroxylation is 1. The van der Waals surface area contributed by atoms with Gasteiger partial charge >= 0.3 is 6.18 Å².